The van der Waals surface area contributed by atoms with Crippen molar-refractivity contribution in [3.8, 4) is 0 Å². The van der Waals surface area contributed by atoms with E-state index in [1.165, 1.54) is 84.2 Å². The lowest BCUT2D eigenvalue weighted by Gasteiger charge is -2.39. The van der Waals surface area contributed by atoms with Crippen LogP contribution in [0.5, 0.6) is 0 Å². The van der Waals surface area contributed by atoms with Gasteiger partial charge in [0.05, 0.1) is 7.11 Å². The van der Waals surface area contributed by atoms with Gasteiger partial charge in [-0.2, -0.15) is 0 Å². The predicted molar refractivity (Wildman–Crippen MR) is 129 cm³/mol. The highest BCUT2D eigenvalue weighted by atomic mass is 28.4. The van der Waals surface area contributed by atoms with E-state index in [9.17, 15) is 4.79 Å². The highest BCUT2D eigenvalue weighted by Crippen LogP contribution is 2.38. The summed E-state index contributed by atoms with van der Waals surface area (Å²) in [7, 11) is -0.225. The van der Waals surface area contributed by atoms with Gasteiger partial charge in [0.25, 0.3) is 0 Å². The topological polar surface area (TPSA) is 35.5 Å². The van der Waals surface area contributed by atoms with Crippen LogP contribution in [-0.4, -0.2) is 27.5 Å². The molecule has 0 fully saturated rings. The highest BCUT2D eigenvalue weighted by molar-refractivity contribution is 6.74. The van der Waals surface area contributed by atoms with Gasteiger partial charge in [0.1, 0.15) is 0 Å². The van der Waals surface area contributed by atoms with Gasteiger partial charge >= 0.3 is 5.97 Å². The molecule has 0 bridgehead atoms. The van der Waals surface area contributed by atoms with Crippen LogP contribution in [0.15, 0.2) is 0 Å². The third kappa shape index (κ3) is 15.1. The zero-order chi connectivity index (χ0) is 22.2. The van der Waals surface area contributed by atoms with Gasteiger partial charge in [0.2, 0.25) is 0 Å². The molecule has 0 aromatic heterocycles. The van der Waals surface area contributed by atoms with Gasteiger partial charge in [0.15, 0.2) is 8.32 Å². The van der Waals surface area contributed by atoms with Crippen molar-refractivity contribution in [2.45, 2.75) is 148 Å². The Kier molecular flexibility index (Phi) is 16.2. The average Bonchev–Trinajstić information content (AvgIpc) is 2.64. The molecule has 4 heteroatoms. The molecule has 0 spiro atoms. The molecule has 1 unspecified atom stereocenters. The summed E-state index contributed by atoms with van der Waals surface area (Å²) >= 11 is 0. The Morgan fingerprint density at radius 2 is 1.24 bits per heavy atom. The molecule has 3 nitrogen and oxygen atoms in total. The average molecular weight is 429 g/mol. The van der Waals surface area contributed by atoms with Gasteiger partial charge < -0.3 is 9.16 Å². The molecule has 0 aromatic carbocycles. The third-order valence-corrected chi connectivity index (χ3v) is 11.1. The molecule has 0 aliphatic heterocycles. The van der Waals surface area contributed by atoms with Crippen molar-refractivity contribution in [2.75, 3.05) is 7.11 Å². The van der Waals surface area contributed by atoms with Crippen molar-refractivity contribution in [1.29, 1.82) is 0 Å². The Labute approximate surface area is 183 Å². The first kappa shape index (κ1) is 28.6. The molecule has 0 aromatic rings. The fourth-order valence-electron chi connectivity index (χ4n) is 3.46. The molecule has 174 valence electrons. The minimum atomic E-state index is -1.69. The van der Waals surface area contributed by atoms with Crippen LogP contribution >= 0.6 is 0 Å². The van der Waals surface area contributed by atoms with E-state index in [4.69, 9.17) is 9.16 Å². The minimum absolute atomic E-state index is 0.0784. The molecule has 0 N–H and O–H groups in total. The van der Waals surface area contributed by atoms with Gasteiger partial charge in [0, 0.05) is 12.5 Å². The van der Waals surface area contributed by atoms with Crippen LogP contribution in [0.25, 0.3) is 0 Å². The summed E-state index contributed by atoms with van der Waals surface area (Å²) in [6.07, 6.45) is 18.7. The summed E-state index contributed by atoms with van der Waals surface area (Å²) in [6, 6.07) is 0. The number of carbonyl (C=O) groups excluding carboxylic acids is 1. The fraction of sp³-hybridized carbons (Fsp3) is 0.960. The van der Waals surface area contributed by atoms with Crippen LogP contribution in [0.1, 0.15) is 124 Å². The van der Waals surface area contributed by atoms with Gasteiger partial charge in [-0.25, -0.2) is 0 Å². The zero-order valence-electron chi connectivity index (χ0n) is 20.9. The summed E-state index contributed by atoms with van der Waals surface area (Å²) in [5, 5.41) is 0.284. The quantitative estimate of drug-likeness (QED) is 0.125. The van der Waals surface area contributed by atoms with Crippen molar-refractivity contribution in [1.82, 2.24) is 0 Å². The van der Waals surface area contributed by atoms with E-state index in [1.54, 1.807) is 0 Å². The lowest BCUT2D eigenvalue weighted by Crippen LogP contribution is -2.44. The summed E-state index contributed by atoms with van der Waals surface area (Å²) < 4.78 is 11.5. The summed E-state index contributed by atoms with van der Waals surface area (Å²) in [5.74, 6) is -0.0784. The lowest BCUT2D eigenvalue weighted by atomic mass is 10.0. The van der Waals surface area contributed by atoms with Crippen molar-refractivity contribution < 1.29 is 14.0 Å². The Morgan fingerprint density at radius 3 is 1.69 bits per heavy atom. The molecule has 1 atom stereocenters. The number of carbonyl (C=O) groups is 1. The van der Waals surface area contributed by atoms with Crippen LogP contribution in [0.4, 0.5) is 0 Å². The summed E-state index contributed by atoms with van der Waals surface area (Å²) in [5.41, 5.74) is 0. The maximum absolute atomic E-state index is 11.1. The first-order valence-electron chi connectivity index (χ1n) is 12.4. The molecule has 0 aliphatic carbocycles. The monoisotopic (exact) mass is 428 g/mol. The van der Waals surface area contributed by atoms with Gasteiger partial charge in [-0.05, 0) is 37.4 Å². The molecular weight excluding hydrogens is 376 g/mol. The molecule has 0 heterocycles. The number of hydrogen-bond acceptors (Lipinski definition) is 3. The number of ether oxygens (including phenoxy) is 1. The first-order chi connectivity index (χ1) is 13.6. The van der Waals surface area contributed by atoms with Crippen LogP contribution in [0, 0.1) is 0 Å². The molecule has 0 radical (unpaired) electrons. The largest absolute Gasteiger partial charge is 0.469 e. The second-order valence-electron chi connectivity index (χ2n) is 10.3. The normalized spacial score (nSPS) is 13.5. The SMILES string of the molecule is CCCCCCCCC(CCCCCCCCC(=O)OC)O[Si](C)(C)C(C)(C)C. The van der Waals surface area contributed by atoms with E-state index >= 15 is 0 Å². The maximum Gasteiger partial charge on any atom is 0.305 e. The van der Waals surface area contributed by atoms with Crippen LogP contribution in [0.2, 0.25) is 18.1 Å². The Morgan fingerprint density at radius 1 is 0.793 bits per heavy atom. The van der Waals surface area contributed by atoms with E-state index in [-0.39, 0.29) is 11.0 Å². The molecule has 0 rings (SSSR count). The first-order valence-corrected chi connectivity index (χ1v) is 15.3. The summed E-state index contributed by atoms with van der Waals surface area (Å²) in [6.45, 7) is 14.1. The Hall–Kier alpha value is -0.353. The van der Waals surface area contributed by atoms with Crippen molar-refractivity contribution in [3.63, 3.8) is 0 Å². The molecule has 29 heavy (non-hydrogen) atoms. The van der Waals surface area contributed by atoms with Crippen LogP contribution in [0.3, 0.4) is 0 Å². The highest BCUT2D eigenvalue weighted by Gasteiger charge is 2.38. The molecule has 0 saturated carbocycles. The molecule has 0 aliphatic rings. The fourth-order valence-corrected chi connectivity index (χ4v) is 4.88. The van der Waals surface area contributed by atoms with Gasteiger partial charge in [-0.15, -0.1) is 0 Å². The second kappa shape index (κ2) is 16.4. The van der Waals surface area contributed by atoms with Gasteiger partial charge in [-0.3, -0.25) is 4.79 Å². The predicted octanol–water partition coefficient (Wildman–Crippen LogP) is 8.42. The molecular formula is C25H52O3Si. The standard InChI is InChI=1S/C25H52O3Si/c1-8-9-10-11-14-17-20-23(28-29(6,7)25(2,3)4)21-18-15-12-13-16-19-22-24(26)27-5/h23H,8-22H2,1-7H3. The van der Waals surface area contributed by atoms with E-state index in [0.29, 0.717) is 12.5 Å². The smallest absolute Gasteiger partial charge is 0.305 e. The minimum Gasteiger partial charge on any atom is -0.469 e. The van der Waals surface area contributed by atoms with E-state index in [0.717, 1.165) is 12.8 Å². The van der Waals surface area contributed by atoms with Crippen molar-refractivity contribution >= 4 is 14.3 Å². The lowest BCUT2D eigenvalue weighted by molar-refractivity contribution is -0.140. The number of unbranched alkanes of at least 4 members (excludes halogenated alkanes) is 10. The number of rotatable bonds is 18. The molecule has 0 amide bonds. The van der Waals surface area contributed by atoms with Crippen LogP contribution < -0.4 is 0 Å². The summed E-state index contributed by atoms with van der Waals surface area (Å²) in [4.78, 5) is 11.1. The van der Waals surface area contributed by atoms with Crippen molar-refractivity contribution in [3.05, 3.63) is 0 Å². The third-order valence-electron chi connectivity index (χ3n) is 6.53. The maximum atomic E-state index is 11.1. The zero-order valence-corrected chi connectivity index (χ0v) is 21.9. The Bertz CT molecular complexity index is 401. The van der Waals surface area contributed by atoms with Gasteiger partial charge in [-0.1, -0.05) is 98.3 Å². The second-order valence-corrected chi connectivity index (χ2v) is 15.0. The number of methoxy groups -OCH3 is 1. The van der Waals surface area contributed by atoms with Crippen molar-refractivity contribution in [2.24, 2.45) is 0 Å². The van der Waals surface area contributed by atoms with E-state index < -0.39 is 8.32 Å². The number of hydrogen-bond donors (Lipinski definition) is 0. The number of esters is 1. The van der Waals surface area contributed by atoms with Crippen LogP contribution in [-0.2, 0) is 14.0 Å². The molecule has 0 saturated heterocycles. The van der Waals surface area contributed by atoms with E-state index in [1.807, 2.05) is 0 Å². The Balaban J connectivity index is 4.19. The van der Waals surface area contributed by atoms with E-state index in [2.05, 4.69) is 40.8 Å².